The number of ether oxygens (including phenoxy) is 2. The summed E-state index contributed by atoms with van der Waals surface area (Å²) in [7, 11) is 1.46. The van der Waals surface area contributed by atoms with E-state index >= 15 is 0 Å². The molecule has 0 radical (unpaired) electrons. The zero-order valence-electron chi connectivity index (χ0n) is 18.5. The zero-order valence-corrected chi connectivity index (χ0v) is 18.5. The maximum Gasteiger partial charge on any atom is 0.407 e. The molecule has 8 nitrogen and oxygen atoms in total. The number of methoxy groups -OCH3 is 1. The van der Waals surface area contributed by atoms with Crippen molar-refractivity contribution in [1.82, 2.24) is 10.6 Å². The van der Waals surface area contributed by atoms with E-state index in [1.807, 2.05) is 24.3 Å². The normalized spacial score (nSPS) is 16.3. The molecule has 2 aliphatic rings. The van der Waals surface area contributed by atoms with Crippen molar-refractivity contribution in [2.45, 2.75) is 43.2 Å². The Labute approximate surface area is 192 Å². The van der Waals surface area contributed by atoms with Crippen LogP contribution < -0.4 is 10.6 Å². The second kappa shape index (κ2) is 9.62. The lowest BCUT2D eigenvalue weighted by atomic mass is 9.98. The second-order valence-corrected chi connectivity index (χ2v) is 8.67. The number of hydrogen-bond acceptors (Lipinski definition) is 5. The average Bonchev–Trinajstić information content (AvgIpc) is 3.46. The second-order valence-electron chi connectivity index (χ2n) is 8.67. The van der Waals surface area contributed by atoms with Crippen LogP contribution in [-0.4, -0.2) is 55.0 Å². The highest BCUT2D eigenvalue weighted by Gasteiger charge is 2.45. The van der Waals surface area contributed by atoms with E-state index in [1.54, 1.807) is 0 Å². The number of hydrogen-bond donors (Lipinski definition) is 3. The Morgan fingerprint density at radius 3 is 2.21 bits per heavy atom. The molecule has 1 atom stereocenters. The highest BCUT2D eigenvalue weighted by atomic mass is 16.5. The molecular weight excluding hydrogens is 424 g/mol. The first-order valence-corrected chi connectivity index (χ1v) is 11.1. The lowest BCUT2D eigenvalue weighted by Crippen LogP contribution is -2.42. The van der Waals surface area contributed by atoms with Gasteiger partial charge in [0, 0.05) is 19.6 Å². The topological polar surface area (TPSA) is 114 Å². The van der Waals surface area contributed by atoms with Gasteiger partial charge in [-0.05, 0) is 35.1 Å². The van der Waals surface area contributed by atoms with E-state index < -0.39 is 23.7 Å². The number of benzene rings is 2. The number of amides is 2. The Bertz CT molecular complexity index is 1000. The highest BCUT2D eigenvalue weighted by Crippen LogP contribution is 2.44. The molecule has 3 N–H and O–H groups in total. The van der Waals surface area contributed by atoms with Gasteiger partial charge in [0.25, 0.3) is 0 Å². The molecule has 4 rings (SSSR count). The smallest absolute Gasteiger partial charge is 0.407 e. The first-order chi connectivity index (χ1) is 15.9. The van der Waals surface area contributed by atoms with Gasteiger partial charge in [0.15, 0.2) is 0 Å². The standard InChI is InChI=1S/C25H28N2O6/c1-32-16(12-22(28)27-25(10-11-25)13-23(29)30)14-26-24(31)33-15-21-19-8-4-2-6-17(19)18-7-3-5-9-20(18)21/h2-9,16,21H,10-15H2,1H3,(H,26,31)(H,27,28)(H,29,30). The minimum absolute atomic E-state index is 0.0154. The van der Waals surface area contributed by atoms with Gasteiger partial charge in [0.2, 0.25) is 5.91 Å². The minimum Gasteiger partial charge on any atom is -0.481 e. The van der Waals surface area contributed by atoms with Crippen molar-refractivity contribution >= 4 is 18.0 Å². The van der Waals surface area contributed by atoms with Gasteiger partial charge < -0.3 is 25.2 Å². The van der Waals surface area contributed by atoms with E-state index in [1.165, 1.54) is 7.11 Å². The molecule has 33 heavy (non-hydrogen) atoms. The molecule has 0 heterocycles. The number of nitrogens with one attached hydrogen (secondary N) is 2. The predicted molar refractivity (Wildman–Crippen MR) is 121 cm³/mol. The van der Waals surface area contributed by atoms with Gasteiger partial charge in [0.05, 0.1) is 24.5 Å². The first-order valence-electron chi connectivity index (χ1n) is 11.1. The van der Waals surface area contributed by atoms with E-state index in [4.69, 9.17) is 14.6 Å². The maximum atomic E-state index is 12.3. The number of carboxylic acid groups (broad SMARTS) is 1. The molecular formula is C25H28N2O6. The summed E-state index contributed by atoms with van der Waals surface area (Å²) in [6.45, 7) is 0.308. The summed E-state index contributed by atoms with van der Waals surface area (Å²) in [5, 5.41) is 14.4. The van der Waals surface area contributed by atoms with Crippen LogP contribution in [0.15, 0.2) is 48.5 Å². The summed E-state index contributed by atoms with van der Waals surface area (Å²) in [6, 6.07) is 16.2. The van der Waals surface area contributed by atoms with Crippen molar-refractivity contribution in [1.29, 1.82) is 0 Å². The van der Waals surface area contributed by atoms with Gasteiger partial charge in [-0.2, -0.15) is 0 Å². The van der Waals surface area contributed by atoms with Crippen molar-refractivity contribution in [2.75, 3.05) is 20.3 Å². The number of carbonyl (C=O) groups is 3. The summed E-state index contributed by atoms with van der Waals surface area (Å²) in [4.78, 5) is 35.6. The third kappa shape index (κ3) is 5.34. The molecule has 0 spiro atoms. The molecule has 2 aromatic rings. The van der Waals surface area contributed by atoms with Gasteiger partial charge in [-0.3, -0.25) is 9.59 Å². The fourth-order valence-corrected chi connectivity index (χ4v) is 4.43. The van der Waals surface area contributed by atoms with E-state index in [9.17, 15) is 14.4 Å². The Balaban J connectivity index is 1.26. The van der Waals surface area contributed by atoms with E-state index in [0.717, 1.165) is 22.3 Å². The van der Waals surface area contributed by atoms with Crippen molar-refractivity contribution in [3.8, 4) is 11.1 Å². The van der Waals surface area contributed by atoms with Crippen LogP contribution in [0.2, 0.25) is 0 Å². The summed E-state index contributed by atoms with van der Waals surface area (Å²) in [6.07, 6.45) is 0.104. The van der Waals surface area contributed by atoms with Crippen LogP contribution in [0.4, 0.5) is 4.79 Å². The Morgan fingerprint density at radius 2 is 1.67 bits per heavy atom. The third-order valence-corrected chi connectivity index (χ3v) is 6.31. The quantitative estimate of drug-likeness (QED) is 0.511. The lowest BCUT2D eigenvalue weighted by molar-refractivity contribution is -0.138. The molecule has 0 aromatic heterocycles. The van der Waals surface area contributed by atoms with Crippen LogP contribution in [0, 0.1) is 0 Å². The van der Waals surface area contributed by atoms with Crippen molar-refractivity contribution in [3.05, 3.63) is 59.7 Å². The molecule has 2 aromatic carbocycles. The first kappa shape index (κ1) is 22.8. The van der Waals surface area contributed by atoms with Crippen molar-refractivity contribution in [3.63, 3.8) is 0 Å². The number of carbonyl (C=O) groups excluding carboxylic acids is 2. The van der Waals surface area contributed by atoms with Crippen LogP contribution in [0.5, 0.6) is 0 Å². The third-order valence-electron chi connectivity index (χ3n) is 6.31. The molecule has 174 valence electrons. The Hall–Kier alpha value is -3.39. The molecule has 0 bridgehead atoms. The largest absolute Gasteiger partial charge is 0.481 e. The summed E-state index contributed by atoms with van der Waals surface area (Å²) in [5.74, 6) is -1.26. The number of alkyl carbamates (subject to hydrolysis) is 1. The summed E-state index contributed by atoms with van der Waals surface area (Å²) >= 11 is 0. The number of aliphatic carboxylic acids is 1. The van der Waals surface area contributed by atoms with Crippen LogP contribution in [0.1, 0.15) is 42.7 Å². The van der Waals surface area contributed by atoms with Crippen molar-refractivity contribution in [2.24, 2.45) is 0 Å². The minimum atomic E-state index is -0.937. The fourth-order valence-electron chi connectivity index (χ4n) is 4.43. The highest BCUT2D eigenvalue weighted by molar-refractivity contribution is 5.80. The van der Waals surface area contributed by atoms with Crippen LogP contribution in [0.3, 0.4) is 0 Å². The van der Waals surface area contributed by atoms with Crippen LogP contribution >= 0.6 is 0 Å². The number of rotatable bonds is 10. The van der Waals surface area contributed by atoms with Gasteiger partial charge in [0.1, 0.15) is 6.61 Å². The van der Waals surface area contributed by atoms with Crippen LogP contribution in [-0.2, 0) is 19.1 Å². The zero-order chi connectivity index (χ0) is 23.4. The van der Waals surface area contributed by atoms with Gasteiger partial charge in [-0.25, -0.2) is 4.79 Å². The summed E-state index contributed by atoms with van der Waals surface area (Å²) in [5.41, 5.74) is 3.94. The number of carboxylic acids is 1. The van der Waals surface area contributed by atoms with E-state index in [0.29, 0.717) is 12.8 Å². The Kier molecular flexibility index (Phi) is 6.65. The SMILES string of the molecule is COC(CNC(=O)OCC1c2ccccc2-c2ccccc21)CC(=O)NC1(CC(=O)O)CC1. The molecule has 0 saturated heterocycles. The Morgan fingerprint density at radius 1 is 1.06 bits per heavy atom. The molecule has 8 heteroatoms. The van der Waals surface area contributed by atoms with Crippen molar-refractivity contribution < 1.29 is 29.0 Å². The average molecular weight is 453 g/mol. The molecule has 0 aliphatic heterocycles. The summed E-state index contributed by atoms with van der Waals surface area (Å²) < 4.78 is 10.8. The van der Waals surface area contributed by atoms with E-state index in [-0.39, 0.29) is 37.8 Å². The predicted octanol–water partition coefficient (Wildman–Crippen LogP) is 3.05. The molecule has 1 saturated carbocycles. The molecule has 2 amide bonds. The monoisotopic (exact) mass is 452 g/mol. The lowest BCUT2D eigenvalue weighted by Gasteiger charge is -2.20. The number of fused-ring (bicyclic) bond motifs is 3. The molecule has 2 aliphatic carbocycles. The van der Waals surface area contributed by atoms with Crippen LogP contribution in [0.25, 0.3) is 11.1 Å². The van der Waals surface area contributed by atoms with Gasteiger partial charge in [-0.1, -0.05) is 48.5 Å². The van der Waals surface area contributed by atoms with E-state index in [2.05, 4.69) is 34.9 Å². The molecule has 1 fully saturated rings. The fraction of sp³-hybridized carbons (Fsp3) is 0.400. The van der Waals surface area contributed by atoms with Gasteiger partial charge >= 0.3 is 12.1 Å². The maximum absolute atomic E-state index is 12.3. The van der Waals surface area contributed by atoms with Gasteiger partial charge in [-0.15, -0.1) is 0 Å². The molecule has 1 unspecified atom stereocenters.